The third-order valence-corrected chi connectivity index (χ3v) is 5.23. The van der Waals surface area contributed by atoms with Crippen molar-refractivity contribution < 1.29 is 9.15 Å². The highest BCUT2D eigenvalue weighted by molar-refractivity contribution is 5.88. The van der Waals surface area contributed by atoms with Gasteiger partial charge in [-0.3, -0.25) is 14.2 Å². The van der Waals surface area contributed by atoms with Crippen LogP contribution >= 0.6 is 0 Å². The second-order valence-corrected chi connectivity index (χ2v) is 8.32. The van der Waals surface area contributed by atoms with E-state index in [4.69, 9.17) is 9.15 Å². The first-order chi connectivity index (χ1) is 14.3. The van der Waals surface area contributed by atoms with Gasteiger partial charge in [0.1, 0.15) is 11.4 Å². The smallest absolute Gasteiger partial charge is 0.269 e. The van der Waals surface area contributed by atoms with Gasteiger partial charge in [0.25, 0.3) is 5.56 Å². The van der Waals surface area contributed by atoms with Crippen molar-refractivity contribution in [2.75, 3.05) is 13.7 Å². The van der Waals surface area contributed by atoms with Crippen LogP contribution < -0.4 is 11.0 Å². The molecule has 30 heavy (non-hydrogen) atoms. The number of hydrogen-bond acceptors (Lipinski definition) is 5. The van der Waals surface area contributed by atoms with Crippen LogP contribution in [0.25, 0.3) is 33.5 Å². The van der Waals surface area contributed by atoms with E-state index in [0.29, 0.717) is 23.4 Å². The van der Waals surface area contributed by atoms with Gasteiger partial charge >= 0.3 is 0 Å². The maximum Gasteiger partial charge on any atom is 0.269 e. The minimum atomic E-state index is -0.425. The van der Waals surface area contributed by atoms with Crippen LogP contribution in [0.3, 0.4) is 0 Å². The number of ether oxygens (including phenoxy) is 1. The lowest BCUT2D eigenvalue weighted by atomic mass is 9.86. The van der Waals surface area contributed by atoms with E-state index < -0.39 is 5.56 Å². The van der Waals surface area contributed by atoms with Gasteiger partial charge in [0.05, 0.1) is 18.5 Å². The molecule has 2 aromatic carbocycles. The number of rotatable bonds is 4. The molecule has 0 saturated heterocycles. The van der Waals surface area contributed by atoms with Gasteiger partial charge in [0, 0.05) is 12.7 Å². The number of para-hydroxylation sites is 1. The van der Waals surface area contributed by atoms with Gasteiger partial charge in [-0.2, -0.15) is 4.98 Å². The summed E-state index contributed by atoms with van der Waals surface area (Å²) in [5.74, 6) is 0.448. The summed E-state index contributed by atoms with van der Waals surface area (Å²) in [4.78, 5) is 30.9. The van der Waals surface area contributed by atoms with E-state index in [1.807, 2.05) is 24.3 Å². The number of nitrogens with zero attached hydrogens (tertiary/aromatic N) is 2. The zero-order valence-electron chi connectivity index (χ0n) is 17.6. The number of benzene rings is 2. The Balaban J connectivity index is 2.01. The number of methoxy groups -OCH3 is 1. The minimum absolute atomic E-state index is 0.0107. The fourth-order valence-electron chi connectivity index (χ4n) is 3.51. The Morgan fingerprint density at radius 3 is 2.40 bits per heavy atom. The Kier molecular flexibility index (Phi) is 5.03. The Morgan fingerprint density at radius 1 is 1.03 bits per heavy atom. The molecule has 0 spiro atoms. The molecule has 0 unspecified atom stereocenters. The zero-order valence-corrected chi connectivity index (χ0v) is 17.6. The molecule has 4 rings (SSSR count). The standard InChI is InChI=1S/C24H24N2O4/c1-24(2,3)16-11-9-15(10-12-16)21-25-22-19(23(28)26(21)13-14-29-4)20(27)17-7-5-6-8-18(17)30-22/h5-12H,13-14H2,1-4H3. The maximum atomic E-state index is 13.3. The Morgan fingerprint density at radius 2 is 1.73 bits per heavy atom. The molecule has 0 N–H and O–H groups in total. The van der Waals surface area contributed by atoms with Crippen molar-refractivity contribution in [3.63, 3.8) is 0 Å². The summed E-state index contributed by atoms with van der Waals surface area (Å²) in [6, 6.07) is 14.8. The lowest BCUT2D eigenvalue weighted by molar-refractivity contribution is 0.186. The molecule has 0 bridgehead atoms. The molecule has 0 fully saturated rings. The van der Waals surface area contributed by atoms with E-state index in [-0.39, 0.29) is 28.5 Å². The molecular weight excluding hydrogens is 380 g/mol. The minimum Gasteiger partial charge on any atom is -0.437 e. The molecule has 6 nitrogen and oxygen atoms in total. The van der Waals surface area contributed by atoms with Crippen molar-refractivity contribution in [2.45, 2.75) is 32.7 Å². The van der Waals surface area contributed by atoms with Crippen LogP contribution in [-0.4, -0.2) is 23.3 Å². The van der Waals surface area contributed by atoms with Gasteiger partial charge in [0.2, 0.25) is 11.1 Å². The monoisotopic (exact) mass is 404 g/mol. The Hall–Kier alpha value is -3.25. The largest absolute Gasteiger partial charge is 0.437 e. The van der Waals surface area contributed by atoms with Gasteiger partial charge in [-0.15, -0.1) is 0 Å². The summed E-state index contributed by atoms with van der Waals surface area (Å²) in [5, 5.41) is 0.323. The molecule has 0 aliphatic carbocycles. The summed E-state index contributed by atoms with van der Waals surface area (Å²) in [5.41, 5.74) is 1.62. The second kappa shape index (κ2) is 7.54. The van der Waals surface area contributed by atoms with Crippen LogP contribution in [0.1, 0.15) is 26.3 Å². The molecular formula is C24H24N2O4. The molecule has 154 valence electrons. The van der Waals surface area contributed by atoms with E-state index in [2.05, 4.69) is 25.8 Å². The summed E-state index contributed by atoms with van der Waals surface area (Å²) < 4.78 is 12.5. The van der Waals surface area contributed by atoms with Gasteiger partial charge in [-0.05, 0) is 23.1 Å². The molecule has 6 heteroatoms. The van der Waals surface area contributed by atoms with Gasteiger partial charge in [-0.25, -0.2) is 0 Å². The first-order valence-electron chi connectivity index (χ1n) is 9.87. The lowest BCUT2D eigenvalue weighted by Crippen LogP contribution is -2.29. The van der Waals surface area contributed by atoms with Crippen LogP contribution in [0, 0.1) is 0 Å². The highest BCUT2D eigenvalue weighted by Crippen LogP contribution is 2.26. The molecule has 2 aromatic heterocycles. The molecule has 0 amide bonds. The van der Waals surface area contributed by atoms with E-state index in [9.17, 15) is 9.59 Å². The predicted octanol–water partition coefficient (Wildman–Crippen LogP) is 4.11. The molecule has 0 radical (unpaired) electrons. The third-order valence-electron chi connectivity index (χ3n) is 5.23. The normalized spacial score (nSPS) is 12.0. The van der Waals surface area contributed by atoms with Gasteiger partial charge < -0.3 is 9.15 Å². The summed E-state index contributed by atoms with van der Waals surface area (Å²) in [7, 11) is 1.57. The predicted molar refractivity (Wildman–Crippen MR) is 118 cm³/mol. The highest BCUT2D eigenvalue weighted by Gasteiger charge is 2.19. The van der Waals surface area contributed by atoms with E-state index in [1.165, 1.54) is 10.1 Å². The number of aromatic nitrogens is 2. The fourth-order valence-corrected chi connectivity index (χ4v) is 3.51. The Bertz CT molecular complexity index is 1340. The fraction of sp³-hybridized carbons (Fsp3) is 0.292. The second-order valence-electron chi connectivity index (χ2n) is 8.32. The van der Waals surface area contributed by atoms with Crippen LogP contribution in [0.2, 0.25) is 0 Å². The van der Waals surface area contributed by atoms with E-state index in [1.54, 1.807) is 31.4 Å². The van der Waals surface area contributed by atoms with Crippen molar-refractivity contribution in [2.24, 2.45) is 0 Å². The summed E-state index contributed by atoms with van der Waals surface area (Å²) in [6.45, 7) is 7.03. The lowest BCUT2D eigenvalue weighted by Gasteiger charge is -2.19. The zero-order chi connectivity index (χ0) is 21.5. The molecule has 0 saturated carbocycles. The van der Waals surface area contributed by atoms with Crippen molar-refractivity contribution in [3.8, 4) is 11.4 Å². The SMILES string of the molecule is COCCn1c(-c2ccc(C(C)(C)C)cc2)nc2oc3ccccc3c(=O)c2c1=O. The average Bonchev–Trinajstić information content (AvgIpc) is 2.72. The van der Waals surface area contributed by atoms with Crippen LogP contribution in [-0.2, 0) is 16.7 Å². The molecule has 2 heterocycles. The topological polar surface area (TPSA) is 74.3 Å². The van der Waals surface area contributed by atoms with Crippen LogP contribution in [0.5, 0.6) is 0 Å². The summed E-state index contributed by atoms with van der Waals surface area (Å²) >= 11 is 0. The molecule has 4 aromatic rings. The first kappa shape index (κ1) is 20.0. The number of fused-ring (bicyclic) bond motifs is 2. The van der Waals surface area contributed by atoms with Crippen molar-refractivity contribution >= 4 is 22.1 Å². The van der Waals surface area contributed by atoms with E-state index >= 15 is 0 Å². The first-order valence-corrected chi connectivity index (χ1v) is 9.87. The number of hydrogen-bond donors (Lipinski definition) is 0. The van der Waals surface area contributed by atoms with Crippen LogP contribution in [0.15, 0.2) is 62.5 Å². The Labute approximate surface area is 173 Å². The third kappa shape index (κ3) is 3.44. The van der Waals surface area contributed by atoms with E-state index in [0.717, 1.165) is 5.56 Å². The average molecular weight is 404 g/mol. The maximum absolute atomic E-state index is 13.3. The molecule has 0 atom stereocenters. The molecule has 0 aliphatic heterocycles. The van der Waals surface area contributed by atoms with Gasteiger partial charge in [0.15, 0.2) is 5.39 Å². The highest BCUT2D eigenvalue weighted by atomic mass is 16.5. The van der Waals surface area contributed by atoms with Crippen molar-refractivity contribution in [1.82, 2.24) is 9.55 Å². The van der Waals surface area contributed by atoms with Gasteiger partial charge in [-0.1, -0.05) is 57.2 Å². The van der Waals surface area contributed by atoms with Crippen molar-refractivity contribution in [3.05, 3.63) is 74.7 Å². The van der Waals surface area contributed by atoms with Crippen LogP contribution in [0.4, 0.5) is 0 Å². The van der Waals surface area contributed by atoms with Crippen molar-refractivity contribution in [1.29, 1.82) is 0 Å². The quantitative estimate of drug-likeness (QED) is 0.479. The molecule has 0 aliphatic rings. The summed E-state index contributed by atoms with van der Waals surface area (Å²) in [6.07, 6.45) is 0.